The molecule has 0 spiro atoms. The van der Waals surface area contributed by atoms with Crippen LogP contribution in [0.1, 0.15) is 11.1 Å². The van der Waals surface area contributed by atoms with Crippen molar-refractivity contribution in [1.29, 1.82) is 5.26 Å². The summed E-state index contributed by atoms with van der Waals surface area (Å²) in [6, 6.07) is 17.3. The minimum absolute atomic E-state index is 0.0562. The molecule has 25 heavy (non-hydrogen) atoms. The smallest absolute Gasteiger partial charge is 0.270 e. The number of aromatic amines is 1. The molecule has 0 aliphatic carbocycles. The second kappa shape index (κ2) is 7.10. The normalized spacial score (nSPS) is 10.5. The first kappa shape index (κ1) is 16.0. The zero-order chi connectivity index (χ0) is 17.6. The first-order valence-corrected chi connectivity index (χ1v) is 7.35. The van der Waals surface area contributed by atoms with Gasteiger partial charge in [0, 0.05) is 5.56 Å². The van der Waals surface area contributed by atoms with Crippen molar-refractivity contribution in [3.05, 3.63) is 76.1 Å². The van der Waals surface area contributed by atoms with Gasteiger partial charge >= 0.3 is 0 Å². The predicted octanol–water partition coefficient (Wildman–Crippen LogP) is 2.46. The zero-order valence-electron chi connectivity index (χ0n) is 13.0. The Morgan fingerprint density at radius 1 is 1.16 bits per heavy atom. The molecule has 1 heterocycles. The van der Waals surface area contributed by atoms with Crippen molar-refractivity contribution in [3.8, 4) is 23.1 Å². The number of benzene rings is 2. The number of aromatic nitrogens is 2. The fraction of sp³-hybridized carbons (Fsp3) is 0. The average molecular weight is 331 g/mol. The van der Waals surface area contributed by atoms with Crippen LogP contribution in [-0.4, -0.2) is 21.3 Å². The van der Waals surface area contributed by atoms with Gasteiger partial charge in [-0.15, -0.1) is 0 Å². The Labute approximate surface area is 142 Å². The number of aromatic hydroxyl groups is 1. The summed E-state index contributed by atoms with van der Waals surface area (Å²) in [6.45, 7) is 0. The highest BCUT2D eigenvalue weighted by molar-refractivity contribution is 5.80. The summed E-state index contributed by atoms with van der Waals surface area (Å²) < 4.78 is 0. The van der Waals surface area contributed by atoms with E-state index >= 15 is 0 Å². The minimum Gasteiger partial charge on any atom is -0.508 e. The van der Waals surface area contributed by atoms with Crippen molar-refractivity contribution in [2.75, 3.05) is 5.43 Å². The van der Waals surface area contributed by atoms with Gasteiger partial charge in [0.15, 0.2) is 0 Å². The fourth-order valence-electron chi connectivity index (χ4n) is 2.16. The first-order valence-electron chi connectivity index (χ1n) is 7.35. The van der Waals surface area contributed by atoms with Crippen molar-refractivity contribution in [3.63, 3.8) is 0 Å². The van der Waals surface area contributed by atoms with Crippen LogP contribution in [0.3, 0.4) is 0 Å². The molecule has 1 aromatic heterocycles. The highest BCUT2D eigenvalue weighted by Gasteiger charge is 2.12. The molecular weight excluding hydrogens is 318 g/mol. The number of nitrogens with one attached hydrogen (secondary N) is 2. The van der Waals surface area contributed by atoms with E-state index in [9.17, 15) is 15.2 Å². The number of nitrogens with zero attached hydrogens (tertiary/aromatic N) is 3. The van der Waals surface area contributed by atoms with Gasteiger partial charge in [0.1, 0.15) is 17.4 Å². The molecule has 0 saturated heterocycles. The van der Waals surface area contributed by atoms with Crippen LogP contribution in [0, 0.1) is 11.3 Å². The first-order chi connectivity index (χ1) is 12.2. The molecule has 0 aliphatic rings. The standard InChI is InChI=1S/C18H13N5O2/c19-10-15-16(13-4-2-1-3-5-13)21-18(22-17(15)25)23-20-11-12-6-8-14(24)9-7-12/h1-9,11,24H,(H2,21,22,23,25). The highest BCUT2D eigenvalue weighted by Crippen LogP contribution is 2.19. The van der Waals surface area contributed by atoms with Crippen LogP contribution in [-0.2, 0) is 0 Å². The fourth-order valence-corrected chi connectivity index (χ4v) is 2.16. The average Bonchev–Trinajstić information content (AvgIpc) is 2.64. The van der Waals surface area contributed by atoms with Crippen molar-refractivity contribution in [2.24, 2.45) is 5.10 Å². The molecule has 122 valence electrons. The van der Waals surface area contributed by atoms with E-state index in [0.29, 0.717) is 5.56 Å². The lowest BCUT2D eigenvalue weighted by atomic mass is 10.1. The van der Waals surface area contributed by atoms with Crippen LogP contribution >= 0.6 is 0 Å². The molecule has 0 aliphatic heterocycles. The Kier molecular flexibility index (Phi) is 4.53. The Morgan fingerprint density at radius 3 is 2.56 bits per heavy atom. The Hall–Kier alpha value is -3.92. The van der Waals surface area contributed by atoms with E-state index in [4.69, 9.17) is 0 Å². The van der Waals surface area contributed by atoms with E-state index in [1.807, 2.05) is 12.1 Å². The third-order valence-electron chi connectivity index (χ3n) is 3.36. The number of hydrogen-bond donors (Lipinski definition) is 3. The van der Waals surface area contributed by atoms with E-state index < -0.39 is 5.56 Å². The van der Waals surface area contributed by atoms with Gasteiger partial charge in [-0.2, -0.15) is 10.4 Å². The van der Waals surface area contributed by atoms with Crippen molar-refractivity contribution < 1.29 is 5.11 Å². The highest BCUT2D eigenvalue weighted by atomic mass is 16.3. The van der Waals surface area contributed by atoms with Crippen molar-refractivity contribution in [2.45, 2.75) is 0 Å². The number of hydrazone groups is 1. The minimum atomic E-state index is -0.543. The predicted molar refractivity (Wildman–Crippen MR) is 94.3 cm³/mol. The summed E-state index contributed by atoms with van der Waals surface area (Å²) in [4.78, 5) is 18.9. The third-order valence-corrected chi connectivity index (χ3v) is 3.36. The Morgan fingerprint density at radius 2 is 1.88 bits per heavy atom. The van der Waals surface area contributed by atoms with Crippen LogP contribution in [0.4, 0.5) is 5.95 Å². The maximum absolute atomic E-state index is 12.1. The molecule has 0 amide bonds. The largest absolute Gasteiger partial charge is 0.508 e. The van der Waals surface area contributed by atoms with Gasteiger partial charge in [0.25, 0.3) is 5.56 Å². The number of H-pyrrole nitrogens is 1. The summed E-state index contributed by atoms with van der Waals surface area (Å²) in [6.07, 6.45) is 1.51. The quantitative estimate of drug-likeness (QED) is 0.502. The van der Waals surface area contributed by atoms with E-state index in [-0.39, 0.29) is 23.0 Å². The number of nitriles is 1. The SMILES string of the molecule is N#Cc1c(-c2ccccc2)nc(NN=Cc2ccc(O)cc2)[nH]c1=O. The van der Waals surface area contributed by atoms with Crippen molar-refractivity contribution >= 4 is 12.2 Å². The molecule has 3 rings (SSSR count). The molecule has 7 heteroatoms. The zero-order valence-corrected chi connectivity index (χ0v) is 13.0. The second-order valence-electron chi connectivity index (χ2n) is 5.08. The summed E-state index contributed by atoms with van der Waals surface area (Å²) in [7, 11) is 0. The van der Waals surface area contributed by atoms with Crippen LogP contribution < -0.4 is 11.0 Å². The van der Waals surface area contributed by atoms with Gasteiger partial charge in [-0.25, -0.2) is 10.4 Å². The number of rotatable bonds is 4. The lowest BCUT2D eigenvalue weighted by Gasteiger charge is -2.05. The Balaban J connectivity index is 1.90. The second-order valence-corrected chi connectivity index (χ2v) is 5.08. The molecule has 3 aromatic rings. The lowest BCUT2D eigenvalue weighted by molar-refractivity contribution is 0.475. The van der Waals surface area contributed by atoms with Gasteiger partial charge in [0.05, 0.1) is 11.9 Å². The summed E-state index contributed by atoms with van der Waals surface area (Å²) in [5, 5.41) is 22.5. The molecule has 7 nitrogen and oxygen atoms in total. The maximum atomic E-state index is 12.1. The van der Waals surface area contributed by atoms with Crippen LogP contribution in [0.15, 0.2) is 64.5 Å². The molecule has 0 bridgehead atoms. The molecule has 0 radical (unpaired) electrons. The maximum Gasteiger partial charge on any atom is 0.270 e. The molecule has 0 saturated carbocycles. The Bertz CT molecular complexity index is 1000. The molecular formula is C18H13N5O2. The molecule has 0 unspecified atom stereocenters. The van der Waals surface area contributed by atoms with Gasteiger partial charge in [-0.1, -0.05) is 30.3 Å². The summed E-state index contributed by atoms with van der Waals surface area (Å²) in [5.41, 5.74) is 3.75. The van der Waals surface area contributed by atoms with Crippen molar-refractivity contribution in [1.82, 2.24) is 9.97 Å². The van der Waals surface area contributed by atoms with E-state index in [2.05, 4.69) is 20.5 Å². The lowest BCUT2D eigenvalue weighted by Crippen LogP contribution is -2.16. The van der Waals surface area contributed by atoms with Crippen LogP contribution in [0.2, 0.25) is 0 Å². The summed E-state index contributed by atoms with van der Waals surface area (Å²) >= 11 is 0. The number of phenols is 1. The molecule has 2 aromatic carbocycles. The molecule has 3 N–H and O–H groups in total. The van der Waals surface area contributed by atoms with Gasteiger partial charge in [0.2, 0.25) is 5.95 Å². The number of hydrogen-bond acceptors (Lipinski definition) is 6. The van der Waals surface area contributed by atoms with Gasteiger partial charge in [-0.05, 0) is 29.8 Å². The third kappa shape index (κ3) is 3.71. The van der Waals surface area contributed by atoms with Crippen LogP contribution in [0.25, 0.3) is 11.3 Å². The monoisotopic (exact) mass is 331 g/mol. The number of anilines is 1. The van der Waals surface area contributed by atoms with Gasteiger partial charge in [-0.3, -0.25) is 9.78 Å². The molecule has 0 fully saturated rings. The molecule has 0 atom stereocenters. The van der Waals surface area contributed by atoms with E-state index in [1.165, 1.54) is 18.3 Å². The van der Waals surface area contributed by atoms with E-state index in [0.717, 1.165) is 5.56 Å². The van der Waals surface area contributed by atoms with E-state index in [1.54, 1.807) is 36.4 Å². The number of phenolic OH excluding ortho intramolecular Hbond substituents is 1. The van der Waals surface area contributed by atoms with Crippen LogP contribution in [0.5, 0.6) is 5.75 Å². The summed E-state index contributed by atoms with van der Waals surface area (Å²) in [5.74, 6) is 0.286. The topological polar surface area (TPSA) is 114 Å². The van der Waals surface area contributed by atoms with Gasteiger partial charge < -0.3 is 5.11 Å².